The predicted octanol–water partition coefficient (Wildman–Crippen LogP) is 2.49. The number of hydrogen-bond acceptors (Lipinski definition) is 6. The molecule has 134 valence electrons. The third-order valence-electron chi connectivity index (χ3n) is 3.49. The Labute approximate surface area is 147 Å². The monoisotopic (exact) mass is 344 g/mol. The highest BCUT2D eigenvalue weighted by molar-refractivity contribution is 5.92. The van der Waals surface area contributed by atoms with E-state index in [4.69, 9.17) is 9.47 Å². The van der Waals surface area contributed by atoms with Crippen LogP contribution in [-0.2, 0) is 6.54 Å². The Balaban J connectivity index is 1.94. The standard InChI is InChI=1S/C18H24N4O3/c1-12(2)10-20-18(23)14-6-8-17(22-21-14)19-11-13-5-7-15(24-3)16(9-13)25-4/h5-9,12H,10-11H2,1-4H3,(H,19,22)(H,20,23). The van der Waals surface area contributed by atoms with E-state index in [0.717, 1.165) is 5.56 Å². The van der Waals surface area contributed by atoms with Gasteiger partial charge in [-0.2, -0.15) is 0 Å². The lowest BCUT2D eigenvalue weighted by Gasteiger charge is -2.10. The fraction of sp³-hybridized carbons (Fsp3) is 0.389. The van der Waals surface area contributed by atoms with Crippen LogP contribution in [0.2, 0.25) is 0 Å². The summed E-state index contributed by atoms with van der Waals surface area (Å²) in [6.07, 6.45) is 0. The molecule has 25 heavy (non-hydrogen) atoms. The van der Waals surface area contributed by atoms with E-state index in [-0.39, 0.29) is 5.91 Å². The molecular weight excluding hydrogens is 320 g/mol. The lowest BCUT2D eigenvalue weighted by atomic mass is 10.2. The molecular formula is C18H24N4O3. The Morgan fingerprint density at radius 1 is 1.08 bits per heavy atom. The van der Waals surface area contributed by atoms with E-state index in [1.54, 1.807) is 26.4 Å². The zero-order valence-electron chi connectivity index (χ0n) is 15.0. The molecule has 0 aliphatic heterocycles. The van der Waals surface area contributed by atoms with Crippen molar-refractivity contribution in [1.82, 2.24) is 15.5 Å². The molecule has 0 radical (unpaired) electrons. The summed E-state index contributed by atoms with van der Waals surface area (Å²) in [7, 11) is 3.20. The minimum atomic E-state index is -0.215. The lowest BCUT2D eigenvalue weighted by molar-refractivity contribution is 0.0943. The van der Waals surface area contributed by atoms with Crippen LogP contribution in [0.4, 0.5) is 5.82 Å². The van der Waals surface area contributed by atoms with Gasteiger partial charge >= 0.3 is 0 Å². The number of anilines is 1. The minimum absolute atomic E-state index is 0.215. The van der Waals surface area contributed by atoms with Gasteiger partial charge in [-0.1, -0.05) is 19.9 Å². The van der Waals surface area contributed by atoms with Gasteiger partial charge in [-0.05, 0) is 35.7 Å². The minimum Gasteiger partial charge on any atom is -0.493 e. The summed E-state index contributed by atoms with van der Waals surface area (Å²) >= 11 is 0. The molecule has 1 aromatic carbocycles. The SMILES string of the molecule is COc1ccc(CNc2ccc(C(=O)NCC(C)C)nn2)cc1OC. The van der Waals surface area contributed by atoms with Crippen LogP contribution in [0.1, 0.15) is 29.9 Å². The normalized spacial score (nSPS) is 10.4. The first-order valence-electron chi connectivity index (χ1n) is 8.10. The Morgan fingerprint density at radius 3 is 2.44 bits per heavy atom. The molecule has 2 N–H and O–H groups in total. The van der Waals surface area contributed by atoms with Crippen molar-refractivity contribution in [3.05, 3.63) is 41.6 Å². The molecule has 0 saturated heterocycles. The highest BCUT2D eigenvalue weighted by atomic mass is 16.5. The van der Waals surface area contributed by atoms with Crippen LogP contribution in [0, 0.1) is 5.92 Å². The summed E-state index contributed by atoms with van der Waals surface area (Å²) < 4.78 is 10.5. The van der Waals surface area contributed by atoms with Crippen molar-refractivity contribution in [3.8, 4) is 11.5 Å². The van der Waals surface area contributed by atoms with E-state index in [2.05, 4.69) is 20.8 Å². The number of aromatic nitrogens is 2. The third-order valence-corrected chi connectivity index (χ3v) is 3.49. The first-order chi connectivity index (χ1) is 12.0. The van der Waals surface area contributed by atoms with Crippen molar-refractivity contribution in [2.24, 2.45) is 5.92 Å². The molecule has 2 aromatic rings. The number of carbonyl (C=O) groups is 1. The smallest absolute Gasteiger partial charge is 0.271 e. The number of methoxy groups -OCH3 is 2. The van der Waals surface area contributed by atoms with Gasteiger partial charge in [-0.15, -0.1) is 10.2 Å². The molecule has 0 fully saturated rings. The summed E-state index contributed by atoms with van der Waals surface area (Å²) in [4.78, 5) is 11.9. The third kappa shape index (κ3) is 5.34. The van der Waals surface area contributed by atoms with Crippen molar-refractivity contribution in [3.63, 3.8) is 0 Å². The number of hydrogen-bond donors (Lipinski definition) is 2. The summed E-state index contributed by atoms with van der Waals surface area (Å²) in [5.41, 5.74) is 1.32. The topological polar surface area (TPSA) is 85.4 Å². The Hall–Kier alpha value is -2.83. The van der Waals surface area contributed by atoms with E-state index >= 15 is 0 Å². The number of benzene rings is 1. The summed E-state index contributed by atoms with van der Waals surface area (Å²) in [6, 6.07) is 9.07. The van der Waals surface area contributed by atoms with Crippen molar-refractivity contribution >= 4 is 11.7 Å². The molecule has 0 unspecified atom stereocenters. The van der Waals surface area contributed by atoms with Crippen molar-refractivity contribution in [1.29, 1.82) is 0 Å². The van der Waals surface area contributed by atoms with E-state index < -0.39 is 0 Å². The Morgan fingerprint density at radius 2 is 1.84 bits per heavy atom. The van der Waals surface area contributed by atoms with Gasteiger partial charge in [0.15, 0.2) is 17.2 Å². The predicted molar refractivity (Wildman–Crippen MR) is 96.1 cm³/mol. The second kappa shape index (κ2) is 8.86. The van der Waals surface area contributed by atoms with Crippen LogP contribution in [0.15, 0.2) is 30.3 Å². The first-order valence-corrected chi connectivity index (χ1v) is 8.10. The summed E-state index contributed by atoms with van der Waals surface area (Å²) in [5.74, 6) is 2.12. The molecule has 1 aromatic heterocycles. The number of ether oxygens (including phenoxy) is 2. The number of amides is 1. The fourth-order valence-corrected chi connectivity index (χ4v) is 2.12. The molecule has 2 rings (SSSR count). The van der Waals surface area contributed by atoms with Crippen LogP contribution in [0.3, 0.4) is 0 Å². The number of rotatable bonds is 8. The maximum absolute atomic E-state index is 11.9. The molecule has 0 atom stereocenters. The second-order valence-corrected chi connectivity index (χ2v) is 5.95. The highest BCUT2D eigenvalue weighted by Crippen LogP contribution is 2.27. The average molecular weight is 344 g/mol. The molecule has 0 aliphatic carbocycles. The molecule has 0 bridgehead atoms. The maximum atomic E-state index is 11.9. The lowest BCUT2D eigenvalue weighted by Crippen LogP contribution is -2.28. The van der Waals surface area contributed by atoms with Gasteiger partial charge in [-0.3, -0.25) is 4.79 Å². The van der Waals surface area contributed by atoms with Gasteiger partial charge in [0, 0.05) is 13.1 Å². The fourth-order valence-electron chi connectivity index (χ4n) is 2.12. The first kappa shape index (κ1) is 18.5. The largest absolute Gasteiger partial charge is 0.493 e. The van der Waals surface area contributed by atoms with Gasteiger partial charge in [0.2, 0.25) is 0 Å². The Bertz CT molecular complexity index is 702. The van der Waals surface area contributed by atoms with E-state index in [1.807, 2.05) is 32.0 Å². The van der Waals surface area contributed by atoms with Crippen molar-refractivity contribution in [2.45, 2.75) is 20.4 Å². The van der Waals surface area contributed by atoms with Crippen LogP contribution in [-0.4, -0.2) is 36.9 Å². The molecule has 0 aliphatic rings. The summed E-state index contributed by atoms with van der Waals surface area (Å²) in [6.45, 7) is 5.23. The Kier molecular flexibility index (Phi) is 6.56. The number of nitrogens with one attached hydrogen (secondary N) is 2. The van der Waals surface area contributed by atoms with E-state index in [1.165, 1.54) is 0 Å². The molecule has 1 heterocycles. The van der Waals surface area contributed by atoms with Crippen LogP contribution in [0.25, 0.3) is 0 Å². The van der Waals surface area contributed by atoms with Gasteiger partial charge in [-0.25, -0.2) is 0 Å². The molecule has 0 spiro atoms. The zero-order chi connectivity index (χ0) is 18.2. The van der Waals surface area contributed by atoms with E-state index in [9.17, 15) is 4.79 Å². The molecule has 7 nitrogen and oxygen atoms in total. The van der Waals surface area contributed by atoms with Crippen molar-refractivity contribution < 1.29 is 14.3 Å². The average Bonchev–Trinajstić information content (AvgIpc) is 2.64. The second-order valence-electron chi connectivity index (χ2n) is 5.95. The van der Waals surface area contributed by atoms with Gasteiger partial charge in [0.25, 0.3) is 5.91 Å². The maximum Gasteiger partial charge on any atom is 0.271 e. The molecule has 0 saturated carbocycles. The van der Waals surface area contributed by atoms with Crippen LogP contribution >= 0.6 is 0 Å². The number of nitrogens with zero attached hydrogens (tertiary/aromatic N) is 2. The zero-order valence-corrected chi connectivity index (χ0v) is 15.0. The quantitative estimate of drug-likeness (QED) is 0.765. The molecule has 1 amide bonds. The van der Waals surface area contributed by atoms with Gasteiger partial charge in [0.05, 0.1) is 14.2 Å². The van der Waals surface area contributed by atoms with E-state index in [0.29, 0.717) is 42.0 Å². The van der Waals surface area contributed by atoms with Crippen molar-refractivity contribution in [2.75, 3.05) is 26.1 Å². The number of carbonyl (C=O) groups excluding carboxylic acids is 1. The van der Waals surface area contributed by atoms with Crippen LogP contribution < -0.4 is 20.1 Å². The highest BCUT2D eigenvalue weighted by Gasteiger charge is 2.09. The van der Waals surface area contributed by atoms with Gasteiger partial charge in [0.1, 0.15) is 5.82 Å². The summed E-state index contributed by atoms with van der Waals surface area (Å²) in [5, 5.41) is 14.0. The molecule has 7 heteroatoms. The van der Waals surface area contributed by atoms with Gasteiger partial charge < -0.3 is 20.1 Å². The van der Waals surface area contributed by atoms with Crippen LogP contribution in [0.5, 0.6) is 11.5 Å².